The number of aryl methyl sites for hydroxylation is 1. The minimum atomic E-state index is 0.474. The van der Waals surface area contributed by atoms with Gasteiger partial charge in [0, 0.05) is 17.1 Å². The molecule has 3 atom stereocenters. The highest BCUT2D eigenvalue weighted by molar-refractivity contribution is 5.55. The van der Waals surface area contributed by atoms with Gasteiger partial charge in [0.2, 0.25) is 0 Å². The Bertz CT molecular complexity index is 551. The van der Waals surface area contributed by atoms with E-state index in [0.29, 0.717) is 5.41 Å². The molecule has 2 aliphatic carbocycles. The van der Waals surface area contributed by atoms with Gasteiger partial charge in [-0.15, -0.1) is 0 Å². The van der Waals surface area contributed by atoms with Gasteiger partial charge in [-0.05, 0) is 74.9 Å². The number of fused-ring (bicyclic) bond motifs is 1. The molecular formula is C18H26N2. The molecule has 0 radical (unpaired) electrons. The number of rotatable bonds is 0. The summed E-state index contributed by atoms with van der Waals surface area (Å²) in [4.78, 5) is 2.62. The van der Waals surface area contributed by atoms with Crippen molar-refractivity contribution in [3.63, 3.8) is 0 Å². The first kappa shape index (κ1) is 12.7. The fourth-order valence-electron chi connectivity index (χ4n) is 5.38. The summed E-state index contributed by atoms with van der Waals surface area (Å²) in [6.45, 7) is 3.44. The lowest BCUT2D eigenvalue weighted by molar-refractivity contribution is 0.00286. The third-order valence-corrected chi connectivity index (χ3v) is 6.50. The van der Waals surface area contributed by atoms with Crippen molar-refractivity contribution in [2.45, 2.75) is 56.9 Å². The number of piperidine rings is 1. The van der Waals surface area contributed by atoms with E-state index in [1.807, 2.05) is 0 Å². The molecule has 1 saturated carbocycles. The number of nitrogens with zero attached hydrogens (tertiary/aromatic N) is 1. The standard InChI is InChI=1S/C18H26N2/c1-12-9-15-13(10-16(12)19)11-17-14-5-3-4-6-18(14,15)7-8-20(17)2/h9-10,14,17H,3-8,11,19H2,1-2H3/t14-,17-,18+/m0/s1. The molecule has 1 aromatic carbocycles. The molecule has 0 aromatic heterocycles. The molecule has 0 spiro atoms. The Labute approximate surface area is 122 Å². The summed E-state index contributed by atoms with van der Waals surface area (Å²) >= 11 is 0. The van der Waals surface area contributed by atoms with E-state index in [9.17, 15) is 0 Å². The zero-order valence-corrected chi connectivity index (χ0v) is 12.8. The quantitative estimate of drug-likeness (QED) is 0.733. The minimum Gasteiger partial charge on any atom is -0.399 e. The fourth-order valence-corrected chi connectivity index (χ4v) is 5.38. The van der Waals surface area contributed by atoms with Crippen LogP contribution in [-0.4, -0.2) is 24.5 Å². The van der Waals surface area contributed by atoms with Gasteiger partial charge in [0.05, 0.1) is 0 Å². The Morgan fingerprint density at radius 1 is 1.25 bits per heavy atom. The maximum absolute atomic E-state index is 6.18. The second-order valence-corrected chi connectivity index (χ2v) is 7.38. The van der Waals surface area contributed by atoms with Crippen molar-refractivity contribution < 1.29 is 0 Å². The lowest BCUT2D eigenvalue weighted by Crippen LogP contribution is -2.59. The van der Waals surface area contributed by atoms with Crippen LogP contribution in [0.1, 0.15) is 48.8 Å². The summed E-state index contributed by atoms with van der Waals surface area (Å²) in [5.41, 5.74) is 12.1. The number of hydrogen-bond acceptors (Lipinski definition) is 2. The van der Waals surface area contributed by atoms with Crippen LogP contribution >= 0.6 is 0 Å². The van der Waals surface area contributed by atoms with Crippen molar-refractivity contribution in [3.8, 4) is 0 Å². The molecule has 2 nitrogen and oxygen atoms in total. The van der Waals surface area contributed by atoms with Crippen molar-refractivity contribution in [1.82, 2.24) is 4.90 Å². The van der Waals surface area contributed by atoms with Gasteiger partial charge in [0.25, 0.3) is 0 Å². The van der Waals surface area contributed by atoms with Crippen LogP contribution in [0, 0.1) is 12.8 Å². The van der Waals surface area contributed by atoms with Gasteiger partial charge in [0.1, 0.15) is 0 Å². The van der Waals surface area contributed by atoms with Gasteiger partial charge in [-0.2, -0.15) is 0 Å². The molecule has 2 fully saturated rings. The summed E-state index contributed by atoms with van der Waals surface area (Å²) in [5, 5.41) is 0. The van der Waals surface area contributed by atoms with E-state index in [1.165, 1.54) is 50.6 Å². The van der Waals surface area contributed by atoms with Crippen molar-refractivity contribution in [2.75, 3.05) is 19.3 Å². The summed E-state index contributed by atoms with van der Waals surface area (Å²) in [6.07, 6.45) is 8.23. The van der Waals surface area contributed by atoms with E-state index in [1.54, 1.807) is 11.1 Å². The monoisotopic (exact) mass is 270 g/mol. The predicted octanol–water partition coefficient (Wildman–Crippen LogP) is 3.27. The van der Waals surface area contributed by atoms with Crippen LogP contribution < -0.4 is 5.73 Å². The Morgan fingerprint density at radius 2 is 2.10 bits per heavy atom. The largest absolute Gasteiger partial charge is 0.399 e. The Balaban J connectivity index is 1.92. The molecule has 0 unspecified atom stereocenters. The van der Waals surface area contributed by atoms with Gasteiger partial charge >= 0.3 is 0 Å². The van der Waals surface area contributed by atoms with Gasteiger partial charge in [-0.1, -0.05) is 18.9 Å². The first-order valence-corrected chi connectivity index (χ1v) is 8.21. The van der Waals surface area contributed by atoms with Crippen LogP contribution in [0.3, 0.4) is 0 Å². The molecule has 1 saturated heterocycles. The van der Waals surface area contributed by atoms with E-state index >= 15 is 0 Å². The maximum Gasteiger partial charge on any atom is 0.0346 e. The lowest BCUT2D eigenvalue weighted by Gasteiger charge is -2.58. The second kappa shape index (κ2) is 4.24. The predicted molar refractivity (Wildman–Crippen MR) is 84.0 cm³/mol. The van der Waals surface area contributed by atoms with Crippen LogP contribution in [0.5, 0.6) is 0 Å². The van der Waals surface area contributed by atoms with E-state index in [2.05, 4.69) is 31.0 Å². The number of likely N-dealkylation sites (N-methyl/N-ethyl adjacent to an activating group) is 1. The van der Waals surface area contributed by atoms with E-state index in [4.69, 9.17) is 5.73 Å². The number of benzene rings is 1. The zero-order chi connectivity index (χ0) is 13.9. The molecule has 2 bridgehead atoms. The third-order valence-electron chi connectivity index (χ3n) is 6.50. The number of hydrogen-bond donors (Lipinski definition) is 1. The van der Waals surface area contributed by atoms with Crippen molar-refractivity contribution >= 4 is 5.69 Å². The van der Waals surface area contributed by atoms with Crippen molar-refractivity contribution in [2.24, 2.45) is 5.92 Å². The lowest BCUT2D eigenvalue weighted by atomic mass is 9.52. The molecule has 1 heterocycles. The molecule has 0 amide bonds. The number of nitrogens with two attached hydrogens (primary N) is 1. The third kappa shape index (κ3) is 1.54. The normalized spacial score (nSPS) is 36.3. The van der Waals surface area contributed by atoms with Gasteiger partial charge in [-0.25, -0.2) is 0 Å². The summed E-state index contributed by atoms with van der Waals surface area (Å²) in [6, 6.07) is 5.46. The van der Waals surface area contributed by atoms with Crippen molar-refractivity contribution in [1.29, 1.82) is 0 Å². The number of nitrogen functional groups attached to an aromatic ring is 1. The highest BCUT2D eigenvalue weighted by atomic mass is 15.1. The molecule has 3 aliphatic rings. The van der Waals surface area contributed by atoms with Gasteiger partial charge in [-0.3, -0.25) is 0 Å². The molecular weight excluding hydrogens is 244 g/mol. The zero-order valence-electron chi connectivity index (χ0n) is 12.8. The summed E-state index contributed by atoms with van der Waals surface area (Å²) < 4.78 is 0. The average molecular weight is 270 g/mol. The van der Waals surface area contributed by atoms with Crippen LogP contribution in [0.25, 0.3) is 0 Å². The van der Waals surface area contributed by atoms with Crippen molar-refractivity contribution in [3.05, 3.63) is 28.8 Å². The van der Waals surface area contributed by atoms with E-state index < -0.39 is 0 Å². The average Bonchev–Trinajstić information content (AvgIpc) is 2.45. The first-order valence-electron chi connectivity index (χ1n) is 8.21. The summed E-state index contributed by atoms with van der Waals surface area (Å²) in [7, 11) is 2.33. The SMILES string of the molecule is Cc1cc2c(cc1N)C[C@H]1[C@@H]3CCCC[C@]23CCN1C. The molecule has 108 valence electrons. The van der Waals surface area contributed by atoms with Crippen LogP contribution in [0.2, 0.25) is 0 Å². The molecule has 1 aliphatic heterocycles. The fraction of sp³-hybridized carbons (Fsp3) is 0.667. The smallest absolute Gasteiger partial charge is 0.0346 e. The van der Waals surface area contributed by atoms with E-state index in [0.717, 1.165) is 17.6 Å². The Morgan fingerprint density at radius 3 is 2.95 bits per heavy atom. The topological polar surface area (TPSA) is 29.3 Å². The van der Waals surface area contributed by atoms with Crippen LogP contribution in [0.4, 0.5) is 5.69 Å². The van der Waals surface area contributed by atoms with Gasteiger partial charge in [0.15, 0.2) is 0 Å². The highest BCUT2D eigenvalue weighted by Crippen LogP contribution is 2.55. The molecule has 1 aromatic rings. The molecule has 2 N–H and O–H groups in total. The van der Waals surface area contributed by atoms with Crippen LogP contribution in [-0.2, 0) is 11.8 Å². The van der Waals surface area contributed by atoms with E-state index in [-0.39, 0.29) is 0 Å². The minimum absolute atomic E-state index is 0.474. The van der Waals surface area contributed by atoms with Crippen LogP contribution in [0.15, 0.2) is 12.1 Å². The molecule has 4 rings (SSSR count). The number of likely N-dealkylation sites (tertiary alicyclic amines) is 1. The summed E-state index contributed by atoms with van der Waals surface area (Å²) in [5.74, 6) is 0.880. The van der Waals surface area contributed by atoms with Gasteiger partial charge < -0.3 is 10.6 Å². The highest BCUT2D eigenvalue weighted by Gasteiger charge is 2.53. The number of anilines is 1. The maximum atomic E-state index is 6.18. The second-order valence-electron chi connectivity index (χ2n) is 7.38. The molecule has 20 heavy (non-hydrogen) atoms. The molecule has 2 heteroatoms. The Hall–Kier alpha value is -1.02. The Kier molecular flexibility index (Phi) is 2.69. The first-order chi connectivity index (χ1) is 9.62.